The highest BCUT2D eigenvalue weighted by molar-refractivity contribution is 6.28. The van der Waals surface area contributed by atoms with Crippen molar-refractivity contribution in [1.29, 1.82) is 0 Å². The number of rotatable bonds is 2. The molecule has 2 rings (SSSR count). The second-order valence-corrected chi connectivity index (χ2v) is 4.48. The maximum atomic E-state index is 5.86. The third-order valence-electron chi connectivity index (χ3n) is 2.52. The van der Waals surface area contributed by atoms with Crippen molar-refractivity contribution in [2.45, 2.75) is 26.1 Å². The van der Waals surface area contributed by atoms with E-state index in [2.05, 4.69) is 25.2 Å². The first-order valence-electron chi connectivity index (χ1n) is 5.58. The van der Waals surface area contributed by atoms with E-state index in [-0.39, 0.29) is 17.5 Å². The van der Waals surface area contributed by atoms with Crippen LogP contribution in [0.4, 0.5) is 11.9 Å². The van der Waals surface area contributed by atoms with E-state index in [4.69, 9.17) is 16.3 Å². The quantitative estimate of drug-likeness (QED) is 0.859. The van der Waals surface area contributed by atoms with Crippen LogP contribution in [0.2, 0.25) is 5.28 Å². The lowest BCUT2D eigenvalue weighted by molar-refractivity contribution is -0.00572. The maximum absolute atomic E-state index is 5.86. The van der Waals surface area contributed by atoms with Crippen LogP contribution in [0, 0.1) is 0 Å². The summed E-state index contributed by atoms with van der Waals surface area (Å²) >= 11 is 5.86. The molecule has 1 aromatic rings. The minimum atomic E-state index is 0.160. The summed E-state index contributed by atoms with van der Waals surface area (Å²) in [6.45, 7) is 5.58. The summed E-state index contributed by atoms with van der Waals surface area (Å²) in [5.41, 5.74) is 0. The van der Waals surface area contributed by atoms with Crippen LogP contribution < -0.4 is 10.2 Å². The van der Waals surface area contributed by atoms with Crippen LogP contribution in [0.5, 0.6) is 0 Å². The highest BCUT2D eigenvalue weighted by Crippen LogP contribution is 2.18. The van der Waals surface area contributed by atoms with Gasteiger partial charge in [0.2, 0.25) is 17.2 Å². The molecule has 0 radical (unpaired) electrons. The molecule has 1 aromatic heterocycles. The Labute approximate surface area is 105 Å². The first-order chi connectivity index (χ1) is 8.08. The topological polar surface area (TPSA) is 63.2 Å². The number of anilines is 2. The predicted octanol–water partition coefficient (Wildman–Crippen LogP) is 1.18. The number of hydrogen-bond acceptors (Lipinski definition) is 6. The van der Waals surface area contributed by atoms with Gasteiger partial charge in [-0.05, 0) is 25.4 Å². The Bertz CT molecular complexity index is 392. The Balaban J connectivity index is 2.23. The molecule has 0 amide bonds. The Morgan fingerprint density at radius 2 is 1.88 bits per heavy atom. The molecule has 0 aliphatic carbocycles. The zero-order valence-electron chi connectivity index (χ0n) is 10.1. The predicted molar refractivity (Wildman–Crippen MR) is 66.6 cm³/mol. The number of ether oxygens (including phenoxy) is 1. The monoisotopic (exact) mass is 257 g/mol. The Kier molecular flexibility index (Phi) is 3.63. The van der Waals surface area contributed by atoms with Gasteiger partial charge in [-0.2, -0.15) is 15.0 Å². The fraction of sp³-hybridized carbons (Fsp3) is 0.700. The van der Waals surface area contributed by atoms with Crippen molar-refractivity contribution in [3.8, 4) is 0 Å². The lowest BCUT2D eigenvalue weighted by Gasteiger charge is -2.35. The Morgan fingerprint density at radius 1 is 1.24 bits per heavy atom. The highest BCUT2D eigenvalue weighted by Gasteiger charge is 2.24. The van der Waals surface area contributed by atoms with Crippen LogP contribution in [-0.2, 0) is 4.74 Å². The second-order valence-electron chi connectivity index (χ2n) is 4.14. The molecule has 1 aliphatic rings. The molecule has 1 aliphatic heterocycles. The number of morpholine rings is 1. The summed E-state index contributed by atoms with van der Waals surface area (Å²) in [5, 5.41) is 3.07. The van der Waals surface area contributed by atoms with Gasteiger partial charge in [0.1, 0.15) is 0 Å². The van der Waals surface area contributed by atoms with Gasteiger partial charge >= 0.3 is 0 Å². The summed E-state index contributed by atoms with van der Waals surface area (Å²) < 4.78 is 5.66. The van der Waals surface area contributed by atoms with E-state index in [0.29, 0.717) is 11.9 Å². The molecule has 7 heteroatoms. The fourth-order valence-corrected chi connectivity index (χ4v) is 2.09. The summed E-state index contributed by atoms with van der Waals surface area (Å²) in [7, 11) is 1.75. The average Bonchev–Trinajstić information content (AvgIpc) is 2.26. The van der Waals surface area contributed by atoms with Gasteiger partial charge in [0.05, 0.1) is 12.2 Å². The first kappa shape index (κ1) is 12.3. The number of halogens is 1. The number of aromatic nitrogens is 3. The SMILES string of the molecule is CNc1nc(Cl)nc(N2C[C@@H](C)O[C@@H](C)C2)n1. The van der Waals surface area contributed by atoms with Crippen molar-refractivity contribution in [2.24, 2.45) is 0 Å². The normalized spacial score (nSPS) is 24.8. The van der Waals surface area contributed by atoms with Gasteiger partial charge in [0.15, 0.2) is 0 Å². The van der Waals surface area contributed by atoms with Crippen LogP contribution in [0.15, 0.2) is 0 Å². The maximum Gasteiger partial charge on any atom is 0.231 e. The Hall–Kier alpha value is -1.14. The van der Waals surface area contributed by atoms with Gasteiger partial charge in [-0.3, -0.25) is 0 Å². The number of hydrogen-bond donors (Lipinski definition) is 1. The summed E-state index contributed by atoms with van der Waals surface area (Å²) in [6, 6.07) is 0. The van der Waals surface area contributed by atoms with E-state index in [0.717, 1.165) is 13.1 Å². The van der Waals surface area contributed by atoms with Gasteiger partial charge in [0, 0.05) is 20.1 Å². The number of nitrogens with zero attached hydrogens (tertiary/aromatic N) is 4. The van der Waals surface area contributed by atoms with Crippen LogP contribution in [0.3, 0.4) is 0 Å². The lowest BCUT2D eigenvalue weighted by atomic mass is 10.2. The zero-order valence-corrected chi connectivity index (χ0v) is 10.9. The molecule has 6 nitrogen and oxygen atoms in total. The van der Waals surface area contributed by atoms with Crippen LogP contribution >= 0.6 is 11.6 Å². The van der Waals surface area contributed by atoms with Gasteiger partial charge in [-0.25, -0.2) is 0 Å². The summed E-state index contributed by atoms with van der Waals surface area (Å²) in [6.07, 6.45) is 0.319. The molecule has 1 N–H and O–H groups in total. The zero-order chi connectivity index (χ0) is 12.4. The third kappa shape index (κ3) is 2.95. The molecule has 0 saturated carbocycles. The van der Waals surface area contributed by atoms with Gasteiger partial charge < -0.3 is 15.0 Å². The first-order valence-corrected chi connectivity index (χ1v) is 5.96. The summed E-state index contributed by atoms with van der Waals surface area (Å²) in [4.78, 5) is 14.5. The standard InChI is InChI=1S/C10H16ClN5O/c1-6-4-16(5-7(2)17-6)10-14-8(11)13-9(12-3)15-10/h6-7H,4-5H2,1-3H3,(H,12,13,14,15)/t6-,7+. The molecular weight excluding hydrogens is 242 g/mol. The van der Waals surface area contributed by atoms with Crippen LogP contribution in [0.1, 0.15) is 13.8 Å². The van der Waals surface area contributed by atoms with Crippen molar-refractivity contribution in [2.75, 3.05) is 30.4 Å². The smallest absolute Gasteiger partial charge is 0.231 e. The van der Waals surface area contributed by atoms with E-state index < -0.39 is 0 Å². The van der Waals surface area contributed by atoms with Crippen LogP contribution in [0.25, 0.3) is 0 Å². The fourth-order valence-electron chi connectivity index (χ4n) is 1.93. The Morgan fingerprint density at radius 3 is 2.47 bits per heavy atom. The molecule has 0 unspecified atom stereocenters. The number of nitrogens with one attached hydrogen (secondary N) is 1. The molecule has 94 valence electrons. The van der Waals surface area contributed by atoms with Crippen molar-refractivity contribution < 1.29 is 4.74 Å². The average molecular weight is 258 g/mol. The van der Waals surface area contributed by atoms with Gasteiger partial charge in [0.25, 0.3) is 0 Å². The molecular formula is C10H16ClN5O. The van der Waals surface area contributed by atoms with E-state index in [9.17, 15) is 0 Å². The molecule has 1 fully saturated rings. The second kappa shape index (κ2) is 5.01. The van der Waals surface area contributed by atoms with Crippen LogP contribution in [-0.4, -0.2) is 47.3 Å². The van der Waals surface area contributed by atoms with Crippen molar-refractivity contribution in [1.82, 2.24) is 15.0 Å². The summed E-state index contributed by atoms with van der Waals surface area (Å²) in [5.74, 6) is 1.07. The van der Waals surface area contributed by atoms with Gasteiger partial charge in [-0.1, -0.05) is 0 Å². The van der Waals surface area contributed by atoms with Crippen molar-refractivity contribution in [3.63, 3.8) is 0 Å². The minimum absolute atomic E-state index is 0.160. The van der Waals surface area contributed by atoms with E-state index in [1.165, 1.54) is 0 Å². The van der Waals surface area contributed by atoms with E-state index in [1.807, 2.05) is 13.8 Å². The molecule has 2 atom stereocenters. The largest absolute Gasteiger partial charge is 0.372 e. The van der Waals surface area contributed by atoms with E-state index >= 15 is 0 Å². The van der Waals surface area contributed by atoms with Gasteiger partial charge in [-0.15, -0.1) is 0 Å². The molecule has 0 aromatic carbocycles. The highest BCUT2D eigenvalue weighted by atomic mass is 35.5. The molecule has 1 saturated heterocycles. The molecule has 0 bridgehead atoms. The minimum Gasteiger partial charge on any atom is -0.372 e. The van der Waals surface area contributed by atoms with E-state index in [1.54, 1.807) is 7.05 Å². The van der Waals surface area contributed by atoms with Crippen molar-refractivity contribution in [3.05, 3.63) is 5.28 Å². The lowest BCUT2D eigenvalue weighted by Crippen LogP contribution is -2.46. The third-order valence-corrected chi connectivity index (χ3v) is 2.69. The van der Waals surface area contributed by atoms with Crippen molar-refractivity contribution >= 4 is 23.5 Å². The molecule has 17 heavy (non-hydrogen) atoms. The molecule has 2 heterocycles. The molecule has 0 spiro atoms.